The number of carbonyl (C=O) groups is 1. The molecule has 1 fully saturated rings. The van der Waals surface area contributed by atoms with Gasteiger partial charge in [-0.3, -0.25) is 10.1 Å². The van der Waals surface area contributed by atoms with Gasteiger partial charge in [-0.05, 0) is 48.6 Å². The van der Waals surface area contributed by atoms with Crippen LogP contribution in [-0.2, 0) is 10.0 Å². The number of sulfonamides is 1. The van der Waals surface area contributed by atoms with Gasteiger partial charge in [-0.2, -0.15) is 15.6 Å². The molecule has 0 radical (unpaired) electrons. The maximum absolute atomic E-state index is 12.9. The highest BCUT2D eigenvalue weighted by atomic mass is 32.2. The number of benzene rings is 1. The van der Waals surface area contributed by atoms with Crippen molar-refractivity contribution in [3.63, 3.8) is 0 Å². The normalized spacial score (nSPS) is 15.4. The molecule has 3 aromatic rings. The van der Waals surface area contributed by atoms with Crippen LogP contribution in [0.4, 0.5) is 6.01 Å². The summed E-state index contributed by atoms with van der Waals surface area (Å²) in [5.74, 6) is -0.140. The number of hydrogen-bond donors (Lipinski definition) is 1. The Labute approximate surface area is 179 Å². The van der Waals surface area contributed by atoms with Crippen molar-refractivity contribution in [3.8, 4) is 11.5 Å². The fourth-order valence-corrected chi connectivity index (χ4v) is 5.58. The van der Waals surface area contributed by atoms with Crippen LogP contribution in [0.3, 0.4) is 0 Å². The Bertz CT molecular complexity index is 1100. The van der Waals surface area contributed by atoms with Crippen LogP contribution >= 0.6 is 11.3 Å². The zero-order valence-electron chi connectivity index (χ0n) is 16.4. The third-order valence-electron chi connectivity index (χ3n) is 5.30. The first-order chi connectivity index (χ1) is 14.4. The monoisotopic (exact) mass is 446 g/mol. The summed E-state index contributed by atoms with van der Waals surface area (Å²) in [7, 11) is -1.97. The lowest BCUT2D eigenvalue weighted by atomic mass is 9.96. The van der Waals surface area contributed by atoms with Gasteiger partial charge in [0.1, 0.15) is 0 Å². The van der Waals surface area contributed by atoms with Crippen molar-refractivity contribution in [2.45, 2.75) is 43.0 Å². The van der Waals surface area contributed by atoms with Crippen LogP contribution in [-0.4, -0.2) is 41.9 Å². The Morgan fingerprint density at radius 2 is 1.87 bits per heavy atom. The van der Waals surface area contributed by atoms with Gasteiger partial charge in [0.2, 0.25) is 10.0 Å². The Kier molecular flexibility index (Phi) is 5.98. The molecule has 0 bridgehead atoms. The van der Waals surface area contributed by atoms with E-state index in [1.807, 2.05) is 16.8 Å². The molecular formula is C20H22N4O4S2. The van der Waals surface area contributed by atoms with E-state index in [2.05, 4.69) is 15.5 Å². The molecule has 0 saturated heterocycles. The zero-order valence-corrected chi connectivity index (χ0v) is 18.1. The number of anilines is 1. The lowest BCUT2D eigenvalue weighted by molar-refractivity contribution is 0.102. The minimum absolute atomic E-state index is 0.0186. The Morgan fingerprint density at radius 3 is 2.53 bits per heavy atom. The molecule has 0 aliphatic heterocycles. The fraction of sp³-hybridized carbons (Fsp3) is 0.350. The maximum atomic E-state index is 12.9. The zero-order chi connectivity index (χ0) is 21.1. The topological polar surface area (TPSA) is 105 Å². The SMILES string of the molecule is CN(C1CCCCC1)S(=O)(=O)c1ccc(C(=O)Nc2nnc(-c3ccsc3)o2)cc1. The van der Waals surface area contributed by atoms with Crippen LogP contribution in [0, 0.1) is 0 Å². The molecule has 0 unspecified atom stereocenters. The average Bonchev–Trinajstić information content (AvgIpc) is 3.46. The summed E-state index contributed by atoms with van der Waals surface area (Å²) in [6, 6.07) is 7.71. The van der Waals surface area contributed by atoms with Crippen molar-refractivity contribution in [2.24, 2.45) is 0 Å². The van der Waals surface area contributed by atoms with E-state index in [-0.39, 0.29) is 17.0 Å². The van der Waals surface area contributed by atoms with Crippen LogP contribution in [0.25, 0.3) is 11.5 Å². The van der Waals surface area contributed by atoms with E-state index < -0.39 is 15.9 Å². The van der Waals surface area contributed by atoms with E-state index in [9.17, 15) is 13.2 Å². The van der Waals surface area contributed by atoms with Crippen LogP contribution in [0.15, 0.2) is 50.4 Å². The minimum atomic E-state index is -3.60. The molecule has 1 aliphatic carbocycles. The number of nitrogens with one attached hydrogen (secondary N) is 1. The molecule has 1 saturated carbocycles. The molecule has 10 heteroatoms. The molecule has 2 aromatic heterocycles. The van der Waals surface area contributed by atoms with Gasteiger partial charge < -0.3 is 4.42 Å². The van der Waals surface area contributed by atoms with Crippen LogP contribution in [0.1, 0.15) is 42.5 Å². The second-order valence-corrected chi connectivity index (χ2v) is 9.99. The van der Waals surface area contributed by atoms with E-state index in [1.54, 1.807) is 7.05 Å². The third-order valence-corrected chi connectivity index (χ3v) is 7.90. The van der Waals surface area contributed by atoms with Gasteiger partial charge in [-0.25, -0.2) is 8.42 Å². The highest BCUT2D eigenvalue weighted by molar-refractivity contribution is 7.89. The molecule has 1 aliphatic rings. The lowest BCUT2D eigenvalue weighted by Crippen LogP contribution is -2.38. The van der Waals surface area contributed by atoms with Crippen LogP contribution < -0.4 is 5.32 Å². The lowest BCUT2D eigenvalue weighted by Gasteiger charge is -2.30. The highest BCUT2D eigenvalue weighted by Crippen LogP contribution is 2.27. The van der Waals surface area contributed by atoms with Crippen LogP contribution in [0.5, 0.6) is 0 Å². The summed E-state index contributed by atoms with van der Waals surface area (Å²) in [5, 5.41) is 14.0. The smallest absolute Gasteiger partial charge is 0.322 e. The molecule has 2 heterocycles. The second kappa shape index (κ2) is 8.66. The van der Waals surface area contributed by atoms with Gasteiger partial charge >= 0.3 is 6.01 Å². The van der Waals surface area contributed by atoms with Crippen molar-refractivity contribution < 1.29 is 17.6 Å². The molecule has 0 atom stereocenters. The third kappa shape index (κ3) is 4.30. The van der Waals surface area contributed by atoms with Gasteiger partial charge in [0.15, 0.2) is 0 Å². The summed E-state index contributed by atoms with van der Waals surface area (Å²) < 4.78 is 32.7. The first-order valence-electron chi connectivity index (χ1n) is 9.70. The molecule has 8 nitrogen and oxygen atoms in total. The summed E-state index contributed by atoms with van der Waals surface area (Å²) in [5.41, 5.74) is 1.08. The molecular weight excluding hydrogens is 424 g/mol. The Balaban J connectivity index is 1.44. The molecule has 1 amide bonds. The molecule has 4 rings (SSSR count). The fourth-order valence-electron chi connectivity index (χ4n) is 3.53. The number of aromatic nitrogens is 2. The van der Waals surface area contributed by atoms with Gasteiger partial charge in [-0.15, -0.1) is 5.10 Å². The first kappa shape index (κ1) is 20.7. The Morgan fingerprint density at radius 1 is 1.13 bits per heavy atom. The van der Waals surface area contributed by atoms with E-state index >= 15 is 0 Å². The number of rotatable bonds is 6. The Hall–Kier alpha value is -2.56. The predicted molar refractivity (Wildman–Crippen MR) is 114 cm³/mol. The standard InChI is InChI=1S/C20H22N4O4S2/c1-24(16-5-3-2-4-6-16)30(26,27)17-9-7-14(8-10-17)18(25)21-20-23-22-19(28-20)15-11-12-29-13-15/h7-13,16H,2-6H2,1H3,(H,21,23,25). The van der Waals surface area contributed by atoms with Crippen molar-refractivity contribution in [1.29, 1.82) is 0 Å². The van der Waals surface area contributed by atoms with E-state index in [0.717, 1.165) is 37.7 Å². The van der Waals surface area contributed by atoms with Crippen LogP contribution in [0.2, 0.25) is 0 Å². The minimum Gasteiger partial charge on any atom is -0.403 e. The number of carbonyl (C=O) groups excluding carboxylic acids is 1. The number of thiophene rings is 1. The quantitative estimate of drug-likeness (QED) is 0.613. The second-order valence-electron chi connectivity index (χ2n) is 7.22. The van der Waals surface area contributed by atoms with Gasteiger partial charge in [0, 0.05) is 29.6 Å². The van der Waals surface area contributed by atoms with Crippen molar-refractivity contribution in [1.82, 2.24) is 14.5 Å². The summed E-state index contributed by atoms with van der Waals surface area (Å²) in [6.07, 6.45) is 5.02. The molecule has 30 heavy (non-hydrogen) atoms. The molecule has 0 spiro atoms. The van der Waals surface area contributed by atoms with Gasteiger partial charge in [0.05, 0.1) is 4.90 Å². The van der Waals surface area contributed by atoms with E-state index in [4.69, 9.17) is 4.42 Å². The van der Waals surface area contributed by atoms with Gasteiger partial charge in [0.25, 0.3) is 11.8 Å². The highest BCUT2D eigenvalue weighted by Gasteiger charge is 2.29. The number of amides is 1. The average molecular weight is 447 g/mol. The molecule has 158 valence electrons. The van der Waals surface area contributed by atoms with E-state index in [0.29, 0.717) is 11.5 Å². The molecule has 1 aromatic carbocycles. The van der Waals surface area contributed by atoms with Crippen molar-refractivity contribution >= 4 is 33.3 Å². The molecule has 1 N–H and O–H groups in total. The summed E-state index contributed by atoms with van der Waals surface area (Å²) in [6.45, 7) is 0. The maximum Gasteiger partial charge on any atom is 0.322 e. The van der Waals surface area contributed by atoms with Crippen molar-refractivity contribution in [3.05, 3.63) is 46.7 Å². The number of nitrogens with zero attached hydrogens (tertiary/aromatic N) is 3. The van der Waals surface area contributed by atoms with Gasteiger partial charge in [-0.1, -0.05) is 24.4 Å². The van der Waals surface area contributed by atoms with Crippen molar-refractivity contribution in [2.75, 3.05) is 12.4 Å². The number of hydrogen-bond acceptors (Lipinski definition) is 7. The summed E-state index contributed by atoms with van der Waals surface area (Å²) >= 11 is 1.50. The first-order valence-corrected chi connectivity index (χ1v) is 12.1. The summed E-state index contributed by atoms with van der Waals surface area (Å²) in [4.78, 5) is 12.6. The van der Waals surface area contributed by atoms with E-state index in [1.165, 1.54) is 39.9 Å². The predicted octanol–water partition coefficient (Wildman–Crippen LogP) is 4.00. The largest absolute Gasteiger partial charge is 0.403 e.